The summed E-state index contributed by atoms with van der Waals surface area (Å²) < 4.78 is 7.19. The monoisotopic (exact) mass is 330 g/mol. The molecule has 0 aliphatic rings. The van der Waals surface area contributed by atoms with Gasteiger partial charge < -0.3 is 15.2 Å². The smallest absolute Gasteiger partial charge is 0.332 e. The Morgan fingerprint density at radius 3 is 2.54 bits per heavy atom. The van der Waals surface area contributed by atoms with E-state index in [-0.39, 0.29) is 17.1 Å². The molecule has 0 aliphatic carbocycles. The lowest BCUT2D eigenvalue weighted by molar-refractivity contribution is 0.410. The molecule has 0 saturated heterocycles. The van der Waals surface area contributed by atoms with Crippen molar-refractivity contribution in [3.8, 4) is 17.6 Å². The lowest BCUT2D eigenvalue weighted by atomic mass is 10.1. The van der Waals surface area contributed by atoms with Crippen molar-refractivity contribution in [2.75, 3.05) is 12.4 Å². The number of benzene rings is 1. The van der Waals surface area contributed by atoms with E-state index in [4.69, 9.17) is 4.74 Å². The van der Waals surface area contributed by atoms with Gasteiger partial charge in [0.25, 0.3) is 5.56 Å². The SMILES string of the molecule is COc1ccc(O)c(C(C)Nc2c(C#N)c(=O)n(C)c(=O)n2C)c1. The molecule has 0 aliphatic heterocycles. The zero-order chi connectivity index (χ0) is 18.0. The first-order valence-corrected chi connectivity index (χ1v) is 7.15. The van der Waals surface area contributed by atoms with Crippen molar-refractivity contribution in [3.63, 3.8) is 0 Å². The number of aromatic nitrogens is 2. The second-order valence-corrected chi connectivity index (χ2v) is 5.33. The van der Waals surface area contributed by atoms with Crippen LogP contribution in [-0.2, 0) is 14.1 Å². The van der Waals surface area contributed by atoms with E-state index in [0.29, 0.717) is 11.3 Å². The number of phenolic OH excluding ortho intramolecular Hbond substituents is 1. The maximum Gasteiger partial charge on any atom is 0.332 e. The number of hydrogen-bond acceptors (Lipinski definition) is 6. The van der Waals surface area contributed by atoms with Crippen molar-refractivity contribution in [2.45, 2.75) is 13.0 Å². The van der Waals surface area contributed by atoms with Gasteiger partial charge in [-0.3, -0.25) is 13.9 Å². The normalized spacial score (nSPS) is 11.6. The average Bonchev–Trinajstić information content (AvgIpc) is 2.58. The van der Waals surface area contributed by atoms with E-state index in [1.54, 1.807) is 19.1 Å². The fraction of sp³-hybridized carbons (Fsp3) is 0.312. The van der Waals surface area contributed by atoms with Gasteiger partial charge in [0.1, 0.15) is 23.4 Å². The van der Waals surface area contributed by atoms with Crippen LogP contribution in [-0.4, -0.2) is 21.4 Å². The second kappa shape index (κ2) is 6.50. The minimum absolute atomic E-state index is 0.0307. The number of rotatable bonds is 4. The molecule has 0 saturated carbocycles. The molecular weight excluding hydrogens is 312 g/mol. The first-order valence-electron chi connectivity index (χ1n) is 7.15. The molecule has 8 heteroatoms. The van der Waals surface area contributed by atoms with Crippen LogP contribution in [0.3, 0.4) is 0 Å². The number of nitrogens with zero attached hydrogens (tertiary/aromatic N) is 3. The molecule has 2 aromatic rings. The minimum atomic E-state index is -0.676. The van der Waals surface area contributed by atoms with Crippen LogP contribution in [0.15, 0.2) is 27.8 Å². The molecule has 0 bridgehead atoms. The van der Waals surface area contributed by atoms with E-state index in [2.05, 4.69) is 5.32 Å². The quantitative estimate of drug-likeness (QED) is 0.860. The first-order chi connectivity index (χ1) is 11.3. The van der Waals surface area contributed by atoms with E-state index in [1.807, 2.05) is 6.07 Å². The van der Waals surface area contributed by atoms with Crippen LogP contribution in [0.4, 0.5) is 5.82 Å². The number of nitriles is 1. The molecule has 2 rings (SSSR count). The average molecular weight is 330 g/mol. The Hall–Kier alpha value is -3.21. The van der Waals surface area contributed by atoms with Gasteiger partial charge in [-0.2, -0.15) is 5.26 Å². The van der Waals surface area contributed by atoms with Gasteiger partial charge in [0.05, 0.1) is 13.2 Å². The van der Waals surface area contributed by atoms with Gasteiger partial charge in [-0.05, 0) is 25.1 Å². The van der Waals surface area contributed by atoms with Gasteiger partial charge in [0, 0.05) is 19.7 Å². The number of ether oxygens (including phenoxy) is 1. The number of phenols is 1. The van der Waals surface area contributed by atoms with Crippen LogP contribution >= 0.6 is 0 Å². The van der Waals surface area contributed by atoms with Crippen molar-refractivity contribution in [1.29, 1.82) is 5.26 Å². The fourth-order valence-corrected chi connectivity index (χ4v) is 2.40. The second-order valence-electron chi connectivity index (χ2n) is 5.33. The van der Waals surface area contributed by atoms with Crippen molar-refractivity contribution < 1.29 is 9.84 Å². The molecule has 2 N–H and O–H groups in total. The lowest BCUT2D eigenvalue weighted by Crippen LogP contribution is -2.40. The zero-order valence-electron chi connectivity index (χ0n) is 13.8. The summed E-state index contributed by atoms with van der Waals surface area (Å²) in [6, 6.07) is 6.08. The Bertz CT molecular complexity index is 937. The molecule has 0 spiro atoms. The molecular formula is C16H18N4O4. The number of methoxy groups -OCH3 is 1. The summed E-state index contributed by atoms with van der Waals surface area (Å²) in [5.41, 5.74) is -0.895. The summed E-state index contributed by atoms with van der Waals surface area (Å²) in [5, 5.41) is 22.3. The highest BCUT2D eigenvalue weighted by Crippen LogP contribution is 2.30. The Labute approximate surface area is 138 Å². The van der Waals surface area contributed by atoms with Crippen LogP contribution in [0, 0.1) is 11.3 Å². The Morgan fingerprint density at radius 2 is 1.96 bits per heavy atom. The Morgan fingerprint density at radius 1 is 1.29 bits per heavy atom. The van der Waals surface area contributed by atoms with Gasteiger partial charge in [-0.1, -0.05) is 0 Å². The topological polar surface area (TPSA) is 109 Å². The highest BCUT2D eigenvalue weighted by molar-refractivity contribution is 5.54. The summed E-state index contributed by atoms with van der Waals surface area (Å²) >= 11 is 0. The van der Waals surface area contributed by atoms with Crippen LogP contribution in [0.2, 0.25) is 0 Å². The Balaban J connectivity index is 2.55. The number of hydrogen-bond donors (Lipinski definition) is 2. The standard InChI is InChI=1S/C16H18N4O4/c1-9(11-7-10(24-4)5-6-13(11)21)18-14-12(8-17)15(22)20(3)16(23)19(14)2/h5-7,9,18,21H,1-4H3. The van der Waals surface area contributed by atoms with E-state index in [9.17, 15) is 20.0 Å². The summed E-state index contributed by atoms with van der Waals surface area (Å²) in [6.45, 7) is 1.73. The molecule has 0 amide bonds. The maximum atomic E-state index is 12.1. The molecule has 24 heavy (non-hydrogen) atoms. The minimum Gasteiger partial charge on any atom is -0.508 e. The van der Waals surface area contributed by atoms with Crippen molar-refractivity contribution in [2.24, 2.45) is 14.1 Å². The summed E-state index contributed by atoms with van der Waals surface area (Å²) in [4.78, 5) is 24.2. The van der Waals surface area contributed by atoms with Gasteiger partial charge >= 0.3 is 5.69 Å². The van der Waals surface area contributed by atoms with Gasteiger partial charge in [0.15, 0.2) is 5.56 Å². The van der Waals surface area contributed by atoms with Crippen LogP contribution in [0.1, 0.15) is 24.1 Å². The van der Waals surface area contributed by atoms with E-state index in [0.717, 1.165) is 4.57 Å². The third-order valence-electron chi connectivity index (χ3n) is 3.83. The van der Waals surface area contributed by atoms with Crippen molar-refractivity contribution in [3.05, 3.63) is 50.2 Å². The van der Waals surface area contributed by atoms with Crippen molar-refractivity contribution >= 4 is 5.82 Å². The highest BCUT2D eigenvalue weighted by atomic mass is 16.5. The Kier molecular flexibility index (Phi) is 4.64. The van der Waals surface area contributed by atoms with Gasteiger partial charge in [-0.15, -0.1) is 0 Å². The van der Waals surface area contributed by atoms with Crippen LogP contribution < -0.4 is 21.3 Å². The summed E-state index contributed by atoms with van der Waals surface area (Å²) in [5.74, 6) is 0.679. The van der Waals surface area contributed by atoms with E-state index < -0.39 is 17.3 Å². The zero-order valence-corrected chi connectivity index (χ0v) is 13.8. The highest BCUT2D eigenvalue weighted by Gasteiger charge is 2.19. The summed E-state index contributed by atoms with van der Waals surface area (Å²) in [6.07, 6.45) is 0. The summed E-state index contributed by atoms with van der Waals surface area (Å²) in [7, 11) is 4.28. The molecule has 1 aromatic heterocycles. The third kappa shape index (κ3) is 2.84. The molecule has 126 valence electrons. The molecule has 8 nitrogen and oxygen atoms in total. The lowest BCUT2D eigenvalue weighted by Gasteiger charge is -2.20. The first kappa shape index (κ1) is 17.1. The molecule has 0 fully saturated rings. The van der Waals surface area contributed by atoms with Crippen LogP contribution in [0.25, 0.3) is 0 Å². The third-order valence-corrected chi connectivity index (χ3v) is 3.83. The van der Waals surface area contributed by atoms with Gasteiger partial charge in [-0.25, -0.2) is 4.79 Å². The maximum absolute atomic E-state index is 12.1. The number of anilines is 1. The molecule has 1 heterocycles. The molecule has 1 unspecified atom stereocenters. The van der Waals surface area contributed by atoms with Crippen LogP contribution in [0.5, 0.6) is 11.5 Å². The molecule has 1 aromatic carbocycles. The van der Waals surface area contributed by atoms with Crippen molar-refractivity contribution in [1.82, 2.24) is 9.13 Å². The van der Waals surface area contributed by atoms with E-state index in [1.165, 1.54) is 31.8 Å². The number of aromatic hydroxyl groups is 1. The van der Waals surface area contributed by atoms with E-state index >= 15 is 0 Å². The molecule has 1 atom stereocenters. The predicted molar refractivity (Wildman–Crippen MR) is 88.3 cm³/mol. The largest absolute Gasteiger partial charge is 0.508 e. The fourth-order valence-electron chi connectivity index (χ4n) is 2.40. The van der Waals surface area contributed by atoms with Gasteiger partial charge in [0.2, 0.25) is 0 Å². The number of nitrogens with one attached hydrogen (secondary N) is 1. The molecule has 0 radical (unpaired) electrons. The predicted octanol–water partition coefficient (Wildman–Crippen LogP) is 0.843.